The minimum Gasteiger partial charge on any atom is -0.354 e. The maximum Gasteiger partial charge on any atom is 0.258 e. The van der Waals surface area contributed by atoms with Crippen molar-refractivity contribution in [3.05, 3.63) is 47.3 Å². The summed E-state index contributed by atoms with van der Waals surface area (Å²) < 4.78 is 0. The van der Waals surface area contributed by atoms with Gasteiger partial charge in [-0.15, -0.1) is 0 Å². The number of hydrogen-bond donors (Lipinski definition) is 2. The largest absolute Gasteiger partial charge is 0.354 e. The molecule has 2 aromatic rings. The Morgan fingerprint density at radius 3 is 2.50 bits per heavy atom. The van der Waals surface area contributed by atoms with E-state index in [1.165, 1.54) is 5.56 Å². The van der Waals surface area contributed by atoms with Crippen LogP contribution in [-0.2, 0) is 0 Å². The molecule has 0 fully saturated rings. The third-order valence-electron chi connectivity index (χ3n) is 3.61. The predicted octanol–water partition coefficient (Wildman–Crippen LogP) is 2.71. The fourth-order valence-electron chi connectivity index (χ4n) is 2.28. The van der Waals surface area contributed by atoms with Gasteiger partial charge in [0.1, 0.15) is 0 Å². The standard InChI is InChI=1S/C18H25N5O/c1-13-6-7-16(14(2)10-13)22-17(24)15-11-20-18(21-12-15)19-8-5-9-23(3)4/h6-7,10-12H,5,8-9H2,1-4H3,(H,22,24)(H,19,20,21). The maximum absolute atomic E-state index is 12.3. The van der Waals surface area contributed by atoms with Crippen molar-refractivity contribution in [3.8, 4) is 0 Å². The summed E-state index contributed by atoms with van der Waals surface area (Å²) in [7, 11) is 4.08. The second kappa shape index (κ2) is 8.40. The predicted molar refractivity (Wildman–Crippen MR) is 97.6 cm³/mol. The van der Waals surface area contributed by atoms with Crippen LogP contribution in [-0.4, -0.2) is 48.0 Å². The van der Waals surface area contributed by atoms with Crippen LogP contribution in [0.2, 0.25) is 0 Å². The van der Waals surface area contributed by atoms with Crippen molar-refractivity contribution in [1.29, 1.82) is 0 Å². The van der Waals surface area contributed by atoms with E-state index in [2.05, 4.69) is 25.5 Å². The summed E-state index contributed by atoms with van der Waals surface area (Å²) in [4.78, 5) is 22.8. The van der Waals surface area contributed by atoms with Gasteiger partial charge in [0.15, 0.2) is 0 Å². The number of benzene rings is 1. The van der Waals surface area contributed by atoms with Crippen molar-refractivity contribution in [2.24, 2.45) is 0 Å². The molecule has 24 heavy (non-hydrogen) atoms. The minimum absolute atomic E-state index is 0.207. The molecule has 128 valence electrons. The number of aryl methyl sites for hydroxylation is 2. The lowest BCUT2D eigenvalue weighted by atomic mass is 10.1. The van der Waals surface area contributed by atoms with Crippen LogP contribution in [0.1, 0.15) is 27.9 Å². The molecule has 0 saturated carbocycles. The van der Waals surface area contributed by atoms with Crippen molar-refractivity contribution < 1.29 is 4.79 Å². The highest BCUT2D eigenvalue weighted by atomic mass is 16.1. The Morgan fingerprint density at radius 1 is 1.17 bits per heavy atom. The van der Waals surface area contributed by atoms with E-state index in [9.17, 15) is 4.79 Å². The van der Waals surface area contributed by atoms with Crippen LogP contribution >= 0.6 is 0 Å². The number of rotatable bonds is 7. The normalized spacial score (nSPS) is 10.7. The summed E-state index contributed by atoms with van der Waals surface area (Å²) in [5.41, 5.74) is 3.44. The Hall–Kier alpha value is -2.47. The molecule has 1 heterocycles. The number of carbonyl (C=O) groups excluding carboxylic acids is 1. The molecule has 2 rings (SSSR count). The van der Waals surface area contributed by atoms with E-state index in [1.807, 2.05) is 46.1 Å². The van der Waals surface area contributed by atoms with Gasteiger partial charge in [-0.2, -0.15) is 0 Å². The zero-order valence-corrected chi connectivity index (χ0v) is 14.8. The average Bonchev–Trinajstić information content (AvgIpc) is 2.54. The number of carbonyl (C=O) groups is 1. The number of nitrogens with zero attached hydrogens (tertiary/aromatic N) is 3. The van der Waals surface area contributed by atoms with Gasteiger partial charge in [0, 0.05) is 24.6 Å². The summed E-state index contributed by atoms with van der Waals surface area (Å²) in [6.45, 7) is 5.80. The van der Waals surface area contributed by atoms with Gasteiger partial charge >= 0.3 is 0 Å². The topological polar surface area (TPSA) is 70.2 Å². The van der Waals surface area contributed by atoms with E-state index < -0.39 is 0 Å². The first-order chi connectivity index (χ1) is 11.5. The molecule has 1 aromatic carbocycles. The Morgan fingerprint density at radius 2 is 1.88 bits per heavy atom. The number of aromatic nitrogens is 2. The van der Waals surface area contributed by atoms with Gasteiger partial charge in [-0.1, -0.05) is 17.7 Å². The Bertz CT molecular complexity index is 682. The zero-order valence-electron chi connectivity index (χ0n) is 14.8. The highest BCUT2D eigenvalue weighted by Crippen LogP contribution is 2.17. The van der Waals surface area contributed by atoms with Crippen molar-refractivity contribution in [2.45, 2.75) is 20.3 Å². The second-order valence-corrected chi connectivity index (χ2v) is 6.15. The fraction of sp³-hybridized carbons (Fsp3) is 0.389. The highest BCUT2D eigenvalue weighted by Gasteiger charge is 2.09. The molecule has 0 aliphatic carbocycles. The molecule has 0 unspecified atom stereocenters. The molecule has 0 aliphatic heterocycles. The second-order valence-electron chi connectivity index (χ2n) is 6.15. The van der Waals surface area contributed by atoms with Crippen LogP contribution in [0, 0.1) is 13.8 Å². The number of amides is 1. The Labute approximate surface area is 143 Å². The molecule has 6 heteroatoms. The summed E-state index contributed by atoms with van der Waals surface area (Å²) >= 11 is 0. The SMILES string of the molecule is Cc1ccc(NC(=O)c2cnc(NCCCN(C)C)nc2)c(C)c1. The van der Waals surface area contributed by atoms with Crippen molar-refractivity contribution in [2.75, 3.05) is 37.8 Å². The van der Waals surface area contributed by atoms with Gasteiger partial charge in [-0.05, 0) is 52.5 Å². The lowest BCUT2D eigenvalue weighted by Crippen LogP contribution is -2.17. The van der Waals surface area contributed by atoms with E-state index in [0.29, 0.717) is 11.5 Å². The van der Waals surface area contributed by atoms with E-state index in [4.69, 9.17) is 0 Å². The molecule has 1 aromatic heterocycles. The Kier molecular flexibility index (Phi) is 6.26. The fourth-order valence-corrected chi connectivity index (χ4v) is 2.28. The zero-order chi connectivity index (χ0) is 17.5. The van der Waals surface area contributed by atoms with E-state index in [-0.39, 0.29) is 5.91 Å². The molecule has 0 spiro atoms. The van der Waals surface area contributed by atoms with Crippen LogP contribution in [0.3, 0.4) is 0 Å². The van der Waals surface area contributed by atoms with Crippen molar-refractivity contribution in [1.82, 2.24) is 14.9 Å². The smallest absolute Gasteiger partial charge is 0.258 e. The van der Waals surface area contributed by atoms with Crippen molar-refractivity contribution in [3.63, 3.8) is 0 Å². The van der Waals surface area contributed by atoms with Crippen molar-refractivity contribution >= 4 is 17.5 Å². The number of anilines is 2. The highest BCUT2D eigenvalue weighted by molar-refractivity contribution is 6.04. The first-order valence-electron chi connectivity index (χ1n) is 8.05. The monoisotopic (exact) mass is 327 g/mol. The summed E-state index contributed by atoms with van der Waals surface area (Å²) in [6, 6.07) is 5.91. The third kappa shape index (κ3) is 5.31. The van der Waals surface area contributed by atoms with Crippen LogP contribution in [0.4, 0.5) is 11.6 Å². The molecular formula is C18H25N5O. The van der Waals surface area contributed by atoms with Gasteiger partial charge in [-0.25, -0.2) is 9.97 Å². The van der Waals surface area contributed by atoms with Crippen LogP contribution in [0.5, 0.6) is 0 Å². The molecule has 2 N–H and O–H groups in total. The molecule has 0 atom stereocenters. The molecule has 0 radical (unpaired) electrons. The molecular weight excluding hydrogens is 302 g/mol. The quantitative estimate of drug-likeness (QED) is 0.765. The molecule has 0 saturated heterocycles. The van der Waals surface area contributed by atoms with E-state index in [1.54, 1.807) is 12.4 Å². The van der Waals surface area contributed by atoms with Gasteiger partial charge in [0.2, 0.25) is 5.95 Å². The third-order valence-corrected chi connectivity index (χ3v) is 3.61. The summed E-state index contributed by atoms with van der Waals surface area (Å²) in [5.74, 6) is 0.331. The lowest BCUT2D eigenvalue weighted by Gasteiger charge is -2.10. The van der Waals surface area contributed by atoms with E-state index in [0.717, 1.165) is 30.8 Å². The van der Waals surface area contributed by atoms with Crippen LogP contribution in [0.15, 0.2) is 30.6 Å². The molecule has 6 nitrogen and oxygen atoms in total. The molecule has 0 aliphatic rings. The van der Waals surface area contributed by atoms with Gasteiger partial charge in [-0.3, -0.25) is 4.79 Å². The van der Waals surface area contributed by atoms with E-state index >= 15 is 0 Å². The number of hydrogen-bond acceptors (Lipinski definition) is 5. The van der Waals surface area contributed by atoms with Crippen LogP contribution < -0.4 is 10.6 Å². The van der Waals surface area contributed by atoms with Gasteiger partial charge in [0.05, 0.1) is 5.56 Å². The van der Waals surface area contributed by atoms with Gasteiger partial charge < -0.3 is 15.5 Å². The summed E-state index contributed by atoms with van der Waals surface area (Å²) in [6.07, 6.45) is 4.09. The first kappa shape index (κ1) is 17.9. The first-order valence-corrected chi connectivity index (χ1v) is 8.05. The average molecular weight is 327 g/mol. The van der Waals surface area contributed by atoms with Crippen LogP contribution in [0.25, 0.3) is 0 Å². The Balaban J connectivity index is 1.91. The minimum atomic E-state index is -0.207. The van der Waals surface area contributed by atoms with Gasteiger partial charge in [0.25, 0.3) is 5.91 Å². The molecule has 1 amide bonds. The lowest BCUT2D eigenvalue weighted by molar-refractivity contribution is 0.102. The number of nitrogens with one attached hydrogen (secondary N) is 2. The molecule has 0 bridgehead atoms. The summed E-state index contributed by atoms with van der Waals surface area (Å²) in [5, 5.41) is 6.04. The maximum atomic E-state index is 12.3.